The topological polar surface area (TPSA) is 3.24 Å². The maximum absolute atomic E-state index is 14.5. The van der Waals surface area contributed by atoms with E-state index in [9.17, 15) is 30.7 Å². The van der Waals surface area contributed by atoms with Crippen LogP contribution in [0.5, 0.6) is 0 Å². The van der Waals surface area contributed by atoms with Crippen molar-refractivity contribution >= 4 is 29.1 Å². The summed E-state index contributed by atoms with van der Waals surface area (Å²) in [6.45, 7) is 2.86. The Bertz CT molecular complexity index is 939. The first-order valence-electron chi connectivity index (χ1n) is 8.44. The number of anilines is 2. The number of benzene rings is 2. The zero-order chi connectivity index (χ0) is 21.8. The number of hydrogen-bond donors (Lipinski definition) is 0. The van der Waals surface area contributed by atoms with Gasteiger partial charge in [-0.2, -0.15) is 26.3 Å². The fourth-order valence-corrected chi connectivity index (χ4v) is 3.81. The molecule has 9 heteroatoms. The standard InChI is InChI=1S/C20H15ClF7N/c1-11-7-14(18(22,19(23,24)25)20(26,27)28)8-12(2)17(11)29-10-15(21)9-13-5-3-4-6-16(13)29/h3-9H,10H2,1-2H3. The van der Waals surface area contributed by atoms with Gasteiger partial charge in [0.2, 0.25) is 0 Å². The molecule has 0 amide bonds. The Balaban J connectivity index is 2.19. The van der Waals surface area contributed by atoms with Gasteiger partial charge in [0.1, 0.15) is 0 Å². The Morgan fingerprint density at radius 2 is 1.38 bits per heavy atom. The van der Waals surface area contributed by atoms with Gasteiger partial charge in [0, 0.05) is 22.0 Å². The third-order valence-electron chi connectivity index (χ3n) is 4.79. The maximum atomic E-state index is 14.5. The summed E-state index contributed by atoms with van der Waals surface area (Å²) < 4.78 is 93.2. The van der Waals surface area contributed by atoms with E-state index in [2.05, 4.69) is 0 Å². The van der Waals surface area contributed by atoms with Gasteiger partial charge in [0.25, 0.3) is 0 Å². The van der Waals surface area contributed by atoms with Crippen LogP contribution in [-0.2, 0) is 5.67 Å². The lowest BCUT2D eigenvalue weighted by Crippen LogP contribution is -2.50. The first-order valence-corrected chi connectivity index (χ1v) is 8.82. The molecule has 2 aromatic carbocycles. The highest BCUT2D eigenvalue weighted by atomic mass is 35.5. The predicted octanol–water partition coefficient (Wildman–Crippen LogP) is 7.32. The molecule has 0 N–H and O–H groups in total. The summed E-state index contributed by atoms with van der Waals surface area (Å²) in [5, 5.41) is 0.442. The zero-order valence-corrected chi connectivity index (χ0v) is 16.0. The van der Waals surface area contributed by atoms with Gasteiger partial charge in [-0.3, -0.25) is 0 Å². The highest BCUT2D eigenvalue weighted by Crippen LogP contribution is 2.54. The Morgan fingerprint density at radius 3 is 1.90 bits per heavy atom. The maximum Gasteiger partial charge on any atom is 0.435 e. The number of nitrogens with zero attached hydrogens (tertiary/aromatic N) is 1. The monoisotopic (exact) mass is 437 g/mol. The second kappa shape index (κ2) is 6.93. The third-order valence-corrected chi connectivity index (χ3v) is 5.02. The molecular weight excluding hydrogens is 423 g/mol. The first-order chi connectivity index (χ1) is 13.3. The van der Waals surface area contributed by atoms with Crippen LogP contribution in [0.1, 0.15) is 22.3 Å². The molecule has 1 aliphatic heterocycles. The lowest BCUT2D eigenvalue weighted by Gasteiger charge is -2.34. The fourth-order valence-electron chi connectivity index (χ4n) is 3.57. The fraction of sp³-hybridized carbons (Fsp3) is 0.300. The van der Waals surface area contributed by atoms with E-state index in [1.807, 2.05) is 0 Å². The molecule has 1 heterocycles. The second-order valence-corrected chi connectivity index (χ2v) is 7.33. The molecule has 0 bridgehead atoms. The van der Waals surface area contributed by atoms with Crippen molar-refractivity contribution in [3.63, 3.8) is 0 Å². The Labute approximate surface area is 167 Å². The van der Waals surface area contributed by atoms with Crippen LogP contribution in [0.4, 0.5) is 42.1 Å². The van der Waals surface area contributed by atoms with Crippen LogP contribution in [-0.4, -0.2) is 18.9 Å². The predicted molar refractivity (Wildman–Crippen MR) is 98.1 cm³/mol. The molecule has 29 heavy (non-hydrogen) atoms. The van der Waals surface area contributed by atoms with Crippen molar-refractivity contribution in [3.05, 3.63) is 63.7 Å². The number of para-hydroxylation sites is 1. The van der Waals surface area contributed by atoms with E-state index in [0.29, 0.717) is 28.5 Å². The molecule has 156 valence electrons. The van der Waals surface area contributed by atoms with Crippen molar-refractivity contribution in [2.24, 2.45) is 0 Å². The zero-order valence-electron chi connectivity index (χ0n) is 15.2. The third kappa shape index (κ3) is 3.47. The van der Waals surface area contributed by atoms with Crippen molar-refractivity contribution in [2.75, 3.05) is 11.4 Å². The SMILES string of the molecule is Cc1cc(C(F)(C(F)(F)F)C(F)(F)F)cc(C)c1N1CC(Cl)=Cc2ccccc21. The molecule has 0 radical (unpaired) electrons. The van der Waals surface area contributed by atoms with Gasteiger partial charge in [-0.05, 0) is 42.7 Å². The Morgan fingerprint density at radius 1 is 0.862 bits per heavy atom. The summed E-state index contributed by atoms with van der Waals surface area (Å²) in [5.41, 5.74) is -5.02. The van der Waals surface area contributed by atoms with Gasteiger partial charge < -0.3 is 4.90 Å². The average molecular weight is 438 g/mol. The average Bonchev–Trinajstić information content (AvgIpc) is 2.58. The minimum absolute atomic E-state index is 0.0664. The van der Waals surface area contributed by atoms with E-state index in [1.54, 1.807) is 35.2 Å². The normalized spacial score (nSPS) is 15.2. The van der Waals surface area contributed by atoms with Gasteiger partial charge in [0.05, 0.1) is 6.54 Å². The number of aryl methyl sites for hydroxylation is 2. The molecule has 2 aromatic rings. The smallest absolute Gasteiger partial charge is 0.335 e. The summed E-state index contributed by atoms with van der Waals surface area (Å²) in [6.07, 6.45) is -10.6. The van der Waals surface area contributed by atoms with Crippen LogP contribution < -0.4 is 4.90 Å². The second-order valence-electron chi connectivity index (χ2n) is 6.85. The van der Waals surface area contributed by atoms with E-state index in [4.69, 9.17) is 11.6 Å². The molecular formula is C20H15ClF7N. The minimum atomic E-state index is -6.16. The van der Waals surface area contributed by atoms with Gasteiger partial charge >= 0.3 is 18.0 Å². The quantitative estimate of drug-likeness (QED) is 0.445. The van der Waals surface area contributed by atoms with E-state index < -0.39 is 23.6 Å². The summed E-state index contributed by atoms with van der Waals surface area (Å²) in [4.78, 5) is 1.69. The molecule has 0 saturated heterocycles. The van der Waals surface area contributed by atoms with Crippen LogP contribution in [0, 0.1) is 13.8 Å². The minimum Gasteiger partial charge on any atom is -0.335 e. The van der Waals surface area contributed by atoms with E-state index in [0.717, 1.165) is 5.56 Å². The first kappa shape index (κ1) is 21.5. The van der Waals surface area contributed by atoms with E-state index >= 15 is 0 Å². The van der Waals surface area contributed by atoms with E-state index in [-0.39, 0.29) is 17.7 Å². The van der Waals surface area contributed by atoms with E-state index in [1.165, 1.54) is 13.8 Å². The lowest BCUT2D eigenvalue weighted by molar-refractivity contribution is -0.348. The molecule has 0 spiro atoms. The van der Waals surface area contributed by atoms with Crippen LogP contribution >= 0.6 is 11.6 Å². The summed E-state index contributed by atoms with van der Waals surface area (Å²) in [6, 6.07) is 8.25. The molecule has 0 aliphatic carbocycles. The van der Waals surface area contributed by atoms with Crippen molar-refractivity contribution in [1.82, 2.24) is 0 Å². The molecule has 0 unspecified atom stereocenters. The van der Waals surface area contributed by atoms with Crippen LogP contribution in [0.25, 0.3) is 6.08 Å². The molecule has 0 atom stereocenters. The van der Waals surface area contributed by atoms with Crippen molar-refractivity contribution in [1.29, 1.82) is 0 Å². The highest BCUT2D eigenvalue weighted by molar-refractivity contribution is 6.32. The van der Waals surface area contributed by atoms with Gasteiger partial charge in [-0.15, -0.1) is 0 Å². The Kier molecular flexibility index (Phi) is 5.14. The van der Waals surface area contributed by atoms with Crippen molar-refractivity contribution < 1.29 is 30.7 Å². The number of fused-ring (bicyclic) bond motifs is 1. The van der Waals surface area contributed by atoms with Crippen molar-refractivity contribution in [2.45, 2.75) is 31.9 Å². The highest BCUT2D eigenvalue weighted by Gasteiger charge is 2.73. The van der Waals surface area contributed by atoms with Crippen molar-refractivity contribution in [3.8, 4) is 0 Å². The number of halogens is 8. The molecule has 0 fully saturated rings. The van der Waals surface area contributed by atoms with Gasteiger partial charge in [-0.1, -0.05) is 41.9 Å². The van der Waals surface area contributed by atoms with Gasteiger partial charge in [-0.25, -0.2) is 4.39 Å². The number of rotatable bonds is 2. The molecule has 1 aliphatic rings. The van der Waals surface area contributed by atoms with Crippen LogP contribution in [0.15, 0.2) is 41.4 Å². The van der Waals surface area contributed by atoms with Gasteiger partial charge in [0.15, 0.2) is 0 Å². The van der Waals surface area contributed by atoms with Crippen LogP contribution in [0.3, 0.4) is 0 Å². The Hall–Kier alpha value is -2.22. The molecule has 0 aromatic heterocycles. The summed E-state index contributed by atoms with van der Waals surface area (Å²) in [7, 11) is 0. The lowest BCUT2D eigenvalue weighted by atomic mass is 9.90. The largest absolute Gasteiger partial charge is 0.435 e. The molecule has 1 nitrogen and oxygen atoms in total. The number of hydrogen-bond acceptors (Lipinski definition) is 1. The molecule has 3 rings (SSSR count). The van der Waals surface area contributed by atoms with Crippen LogP contribution in [0.2, 0.25) is 0 Å². The summed E-state index contributed by atoms with van der Waals surface area (Å²) in [5.74, 6) is 0. The number of alkyl halides is 7. The summed E-state index contributed by atoms with van der Waals surface area (Å²) >= 11 is 6.18. The molecule has 0 saturated carbocycles.